The van der Waals surface area contributed by atoms with E-state index in [-0.39, 0.29) is 29.4 Å². The predicted molar refractivity (Wildman–Crippen MR) is 157 cm³/mol. The molecular formula is C29H27ClN4O3S2. The first-order valence-electron chi connectivity index (χ1n) is 12.8. The highest BCUT2D eigenvalue weighted by Crippen LogP contribution is 2.49. The molecule has 2 aromatic heterocycles. The smallest absolute Gasteiger partial charge is 0.242 e. The number of carbonyl (C=O) groups is 2. The highest BCUT2D eigenvalue weighted by molar-refractivity contribution is 8.00. The van der Waals surface area contributed by atoms with Crippen LogP contribution in [0, 0.1) is 0 Å². The summed E-state index contributed by atoms with van der Waals surface area (Å²) in [6.45, 7) is 1.44. The van der Waals surface area contributed by atoms with E-state index in [1.807, 2.05) is 64.9 Å². The summed E-state index contributed by atoms with van der Waals surface area (Å²) in [4.78, 5) is 31.8. The van der Waals surface area contributed by atoms with Crippen molar-refractivity contribution in [1.82, 2.24) is 14.7 Å². The Morgan fingerprint density at radius 3 is 2.49 bits per heavy atom. The van der Waals surface area contributed by atoms with Crippen molar-refractivity contribution in [3.8, 4) is 22.7 Å². The summed E-state index contributed by atoms with van der Waals surface area (Å²) in [7, 11) is 1.63. The second-order valence-electron chi connectivity index (χ2n) is 9.48. The van der Waals surface area contributed by atoms with Gasteiger partial charge in [-0.1, -0.05) is 29.8 Å². The number of methoxy groups -OCH3 is 1. The Morgan fingerprint density at radius 2 is 1.82 bits per heavy atom. The number of likely N-dealkylation sites (tertiary alicyclic amines) is 1. The number of rotatable bonds is 6. The summed E-state index contributed by atoms with van der Waals surface area (Å²) in [6, 6.07) is 19.3. The molecule has 200 valence electrons. The topological polar surface area (TPSA) is 67.7 Å². The third-order valence-electron chi connectivity index (χ3n) is 7.08. The number of aromatic nitrogens is 2. The first-order valence-corrected chi connectivity index (χ1v) is 15.1. The van der Waals surface area contributed by atoms with Crippen LogP contribution < -0.4 is 9.64 Å². The van der Waals surface area contributed by atoms with Gasteiger partial charge >= 0.3 is 0 Å². The lowest BCUT2D eigenvalue weighted by Crippen LogP contribution is -2.43. The standard InChI is InChI=1S/C29H27ClN4O3S2/c1-37-22-12-10-21(11-13-22)34-29-26(27(31-34)19-6-8-20(30)9-7-19)28(23-5-4-16-38-23)39-18-25(36)33(29)17-24(35)32-14-2-3-15-32/h4-13,16,28H,2-3,14-15,17-18H2,1H3/t28-/m0/s1. The molecule has 4 aromatic rings. The van der Waals surface area contributed by atoms with Crippen molar-refractivity contribution in [2.75, 3.05) is 37.4 Å². The van der Waals surface area contributed by atoms with E-state index in [9.17, 15) is 9.59 Å². The zero-order chi connectivity index (χ0) is 26.9. The third-order valence-corrected chi connectivity index (χ3v) is 9.65. The molecule has 0 saturated carbocycles. The van der Waals surface area contributed by atoms with Crippen LogP contribution in [0.25, 0.3) is 16.9 Å². The summed E-state index contributed by atoms with van der Waals surface area (Å²) >= 11 is 9.47. The lowest BCUT2D eigenvalue weighted by atomic mass is 10.0. The predicted octanol–water partition coefficient (Wildman–Crippen LogP) is 6.05. The molecule has 6 rings (SSSR count). The molecule has 0 N–H and O–H groups in total. The molecule has 1 atom stereocenters. The Bertz CT molecular complexity index is 1480. The van der Waals surface area contributed by atoms with Crippen LogP contribution >= 0.6 is 34.7 Å². The Morgan fingerprint density at radius 1 is 1.08 bits per heavy atom. The van der Waals surface area contributed by atoms with Crippen molar-refractivity contribution in [2.45, 2.75) is 18.1 Å². The van der Waals surface area contributed by atoms with Crippen LogP contribution in [0.3, 0.4) is 0 Å². The highest BCUT2D eigenvalue weighted by Gasteiger charge is 2.38. The number of carbonyl (C=O) groups excluding carboxylic acids is 2. The molecule has 0 aliphatic carbocycles. The van der Waals surface area contributed by atoms with Gasteiger partial charge < -0.3 is 9.64 Å². The van der Waals surface area contributed by atoms with E-state index >= 15 is 0 Å². The van der Waals surface area contributed by atoms with Gasteiger partial charge in [0.2, 0.25) is 11.8 Å². The molecule has 2 aromatic carbocycles. The third kappa shape index (κ3) is 5.06. The number of benzene rings is 2. The maximum Gasteiger partial charge on any atom is 0.242 e. The monoisotopic (exact) mass is 578 g/mol. The van der Waals surface area contributed by atoms with E-state index in [1.165, 1.54) is 0 Å². The Balaban J connectivity index is 1.58. The van der Waals surface area contributed by atoms with E-state index in [2.05, 4.69) is 6.07 Å². The van der Waals surface area contributed by atoms with Crippen molar-refractivity contribution in [2.24, 2.45) is 0 Å². The number of nitrogens with zero attached hydrogens (tertiary/aromatic N) is 4. The fourth-order valence-electron chi connectivity index (χ4n) is 5.11. The molecule has 0 spiro atoms. The normalized spacial score (nSPS) is 17.3. The molecule has 39 heavy (non-hydrogen) atoms. The quantitative estimate of drug-likeness (QED) is 0.278. The molecule has 10 heteroatoms. The van der Waals surface area contributed by atoms with Gasteiger partial charge in [-0.3, -0.25) is 14.5 Å². The summed E-state index contributed by atoms with van der Waals surface area (Å²) < 4.78 is 7.18. The molecule has 2 aliphatic heterocycles. The summed E-state index contributed by atoms with van der Waals surface area (Å²) in [5, 5.41) is 7.67. The average Bonchev–Trinajstić information content (AvgIpc) is 3.73. The van der Waals surface area contributed by atoms with Gasteiger partial charge in [0.15, 0.2) is 0 Å². The van der Waals surface area contributed by atoms with E-state index in [0.717, 1.165) is 59.1 Å². The molecule has 0 radical (unpaired) electrons. The van der Waals surface area contributed by atoms with E-state index in [4.69, 9.17) is 21.4 Å². The van der Waals surface area contributed by atoms with Gasteiger partial charge in [0.25, 0.3) is 0 Å². The van der Waals surface area contributed by atoms with Crippen molar-refractivity contribution in [3.05, 3.63) is 81.5 Å². The Hall–Kier alpha value is -3.27. The second-order valence-corrected chi connectivity index (χ2v) is 12.0. The fraction of sp³-hybridized carbons (Fsp3) is 0.276. The van der Waals surface area contributed by atoms with E-state index in [1.54, 1.807) is 39.8 Å². The minimum Gasteiger partial charge on any atom is -0.497 e. The second kappa shape index (κ2) is 11.1. The average molecular weight is 579 g/mol. The number of fused-ring (bicyclic) bond motifs is 1. The lowest BCUT2D eigenvalue weighted by molar-refractivity contribution is -0.130. The number of hydrogen-bond acceptors (Lipinski definition) is 6. The molecular weight excluding hydrogens is 552 g/mol. The SMILES string of the molecule is COc1ccc(-n2nc(-c3ccc(Cl)cc3)c3c2N(CC(=O)N2CCCC2)C(=O)CS[C@H]3c2cccs2)cc1. The zero-order valence-corrected chi connectivity index (χ0v) is 23.8. The van der Waals surface area contributed by atoms with Crippen LogP contribution in [-0.4, -0.2) is 59.0 Å². The number of hydrogen-bond donors (Lipinski definition) is 0. The van der Waals surface area contributed by atoms with Gasteiger partial charge in [-0.05, 0) is 60.7 Å². The van der Waals surface area contributed by atoms with Crippen molar-refractivity contribution >= 4 is 52.3 Å². The van der Waals surface area contributed by atoms with Gasteiger partial charge in [0.1, 0.15) is 18.1 Å². The van der Waals surface area contributed by atoms with Crippen molar-refractivity contribution < 1.29 is 14.3 Å². The van der Waals surface area contributed by atoms with Crippen LogP contribution in [0.1, 0.15) is 28.5 Å². The number of thiophene rings is 1. The van der Waals surface area contributed by atoms with Crippen LogP contribution in [0.15, 0.2) is 66.0 Å². The van der Waals surface area contributed by atoms with Crippen LogP contribution in [0.4, 0.5) is 5.82 Å². The molecule has 1 fully saturated rings. The minimum absolute atomic E-state index is 0.0224. The summed E-state index contributed by atoms with van der Waals surface area (Å²) in [5.41, 5.74) is 3.35. The number of halogens is 1. The molecule has 2 aliphatic rings. The van der Waals surface area contributed by atoms with Crippen molar-refractivity contribution in [1.29, 1.82) is 0 Å². The van der Waals surface area contributed by atoms with Crippen LogP contribution in [0.2, 0.25) is 5.02 Å². The summed E-state index contributed by atoms with van der Waals surface area (Å²) in [5.74, 6) is 1.46. The highest BCUT2D eigenvalue weighted by atomic mass is 35.5. The molecule has 1 saturated heterocycles. The number of amides is 2. The van der Waals surface area contributed by atoms with Gasteiger partial charge in [-0.2, -0.15) is 5.10 Å². The lowest BCUT2D eigenvalue weighted by Gasteiger charge is -2.25. The maximum atomic E-state index is 13.8. The largest absolute Gasteiger partial charge is 0.497 e. The molecule has 2 amide bonds. The van der Waals surface area contributed by atoms with Gasteiger partial charge in [0.05, 0.1) is 29.5 Å². The number of anilines is 1. The minimum atomic E-state index is -0.131. The molecule has 0 unspecified atom stereocenters. The first kappa shape index (κ1) is 26.0. The van der Waals surface area contributed by atoms with Gasteiger partial charge in [-0.15, -0.1) is 23.1 Å². The molecule has 7 nitrogen and oxygen atoms in total. The molecule has 0 bridgehead atoms. The summed E-state index contributed by atoms with van der Waals surface area (Å²) in [6.07, 6.45) is 1.98. The van der Waals surface area contributed by atoms with Gasteiger partial charge in [0, 0.05) is 34.1 Å². The zero-order valence-electron chi connectivity index (χ0n) is 21.4. The Labute approximate surface area is 240 Å². The van der Waals surface area contributed by atoms with Crippen molar-refractivity contribution in [3.63, 3.8) is 0 Å². The molecule has 4 heterocycles. The van der Waals surface area contributed by atoms with Gasteiger partial charge in [-0.25, -0.2) is 4.68 Å². The fourth-order valence-corrected chi connectivity index (χ4v) is 7.41. The first-order chi connectivity index (χ1) is 19.0. The number of ether oxygens (including phenoxy) is 1. The van der Waals surface area contributed by atoms with Crippen LogP contribution in [0.5, 0.6) is 5.75 Å². The maximum absolute atomic E-state index is 13.8. The van der Waals surface area contributed by atoms with Crippen LogP contribution in [-0.2, 0) is 9.59 Å². The number of thioether (sulfide) groups is 1. The van der Waals surface area contributed by atoms with E-state index in [0.29, 0.717) is 10.8 Å². The van der Waals surface area contributed by atoms with E-state index < -0.39 is 0 Å². The Kier molecular flexibility index (Phi) is 7.38.